The first kappa shape index (κ1) is 15.3. The lowest BCUT2D eigenvalue weighted by atomic mass is 10.2. The molecule has 1 heterocycles. The van der Waals surface area contributed by atoms with Gasteiger partial charge in [0.25, 0.3) is 0 Å². The minimum Gasteiger partial charge on any atom is -0.338 e. The third kappa shape index (κ3) is 2.97. The first-order chi connectivity index (χ1) is 9.32. The van der Waals surface area contributed by atoms with E-state index in [-0.39, 0.29) is 23.4 Å². The van der Waals surface area contributed by atoms with Crippen LogP contribution in [0.25, 0.3) is 0 Å². The summed E-state index contributed by atoms with van der Waals surface area (Å²) in [6, 6.07) is 6.05. The predicted molar refractivity (Wildman–Crippen MR) is 77.1 cm³/mol. The van der Waals surface area contributed by atoms with Gasteiger partial charge in [-0.2, -0.15) is 4.31 Å². The lowest BCUT2D eigenvalue weighted by molar-refractivity contribution is -0.135. The van der Waals surface area contributed by atoms with E-state index >= 15 is 0 Å². The summed E-state index contributed by atoms with van der Waals surface area (Å²) in [4.78, 5) is 13.8. The van der Waals surface area contributed by atoms with E-state index in [4.69, 9.17) is 11.6 Å². The molecular weight excluding hydrogens is 300 g/mol. The van der Waals surface area contributed by atoms with E-state index in [9.17, 15) is 13.2 Å². The number of benzene rings is 1. The van der Waals surface area contributed by atoms with Gasteiger partial charge in [-0.25, -0.2) is 8.42 Å². The van der Waals surface area contributed by atoms with Crippen LogP contribution in [-0.4, -0.2) is 49.2 Å². The normalized spacial score (nSPS) is 17.8. The molecule has 20 heavy (non-hydrogen) atoms. The van der Waals surface area contributed by atoms with Gasteiger partial charge in [-0.05, 0) is 38.1 Å². The first-order valence-corrected chi connectivity index (χ1v) is 8.19. The van der Waals surface area contributed by atoms with Crippen LogP contribution in [0, 0.1) is 0 Å². The van der Waals surface area contributed by atoms with Crippen molar-refractivity contribution in [2.75, 3.05) is 19.6 Å². The summed E-state index contributed by atoms with van der Waals surface area (Å²) in [6.07, 6.45) is 0. The van der Waals surface area contributed by atoms with Gasteiger partial charge in [0.1, 0.15) is 0 Å². The third-order valence-corrected chi connectivity index (χ3v) is 5.41. The van der Waals surface area contributed by atoms with E-state index < -0.39 is 10.0 Å². The van der Waals surface area contributed by atoms with E-state index in [0.29, 0.717) is 18.1 Å². The van der Waals surface area contributed by atoms with Crippen molar-refractivity contribution in [1.82, 2.24) is 9.21 Å². The Kier molecular flexibility index (Phi) is 4.36. The van der Waals surface area contributed by atoms with E-state index in [2.05, 4.69) is 0 Å². The second-order valence-electron chi connectivity index (χ2n) is 4.97. The van der Waals surface area contributed by atoms with Crippen molar-refractivity contribution in [2.45, 2.75) is 24.8 Å². The van der Waals surface area contributed by atoms with Crippen molar-refractivity contribution in [1.29, 1.82) is 0 Å². The third-order valence-electron chi connectivity index (χ3n) is 3.30. The van der Waals surface area contributed by atoms with Crippen LogP contribution in [0.3, 0.4) is 0 Å². The van der Waals surface area contributed by atoms with Crippen molar-refractivity contribution >= 4 is 27.5 Å². The van der Waals surface area contributed by atoms with Crippen LogP contribution >= 0.6 is 11.6 Å². The highest BCUT2D eigenvalue weighted by atomic mass is 35.5. The molecule has 1 amide bonds. The van der Waals surface area contributed by atoms with Crippen molar-refractivity contribution in [2.24, 2.45) is 0 Å². The van der Waals surface area contributed by atoms with Crippen LogP contribution in [-0.2, 0) is 14.8 Å². The smallest absolute Gasteiger partial charge is 0.243 e. The number of hydrogen-bond acceptors (Lipinski definition) is 3. The van der Waals surface area contributed by atoms with Gasteiger partial charge in [-0.1, -0.05) is 11.6 Å². The molecule has 110 valence electrons. The van der Waals surface area contributed by atoms with E-state index in [1.165, 1.54) is 28.6 Å². The molecule has 0 spiro atoms. The minimum atomic E-state index is -3.63. The number of piperazine rings is 1. The van der Waals surface area contributed by atoms with Gasteiger partial charge < -0.3 is 4.90 Å². The Morgan fingerprint density at radius 3 is 2.25 bits per heavy atom. The Labute approximate surface area is 124 Å². The molecule has 1 fully saturated rings. The summed E-state index contributed by atoms with van der Waals surface area (Å²) in [5.74, 6) is -0.163. The number of amides is 1. The molecule has 0 unspecified atom stereocenters. The monoisotopic (exact) mass is 316 g/mol. The van der Waals surface area contributed by atoms with Gasteiger partial charge in [-0.3, -0.25) is 4.79 Å². The van der Waals surface area contributed by atoms with E-state index in [0.717, 1.165) is 0 Å². The number of halogens is 1. The summed E-state index contributed by atoms with van der Waals surface area (Å²) in [5, 5.41) is 0.477. The van der Waals surface area contributed by atoms with Crippen molar-refractivity contribution in [3.63, 3.8) is 0 Å². The highest BCUT2D eigenvalue weighted by molar-refractivity contribution is 7.89. The molecule has 0 aliphatic carbocycles. The highest BCUT2D eigenvalue weighted by Crippen LogP contribution is 2.20. The second-order valence-corrected chi connectivity index (χ2v) is 7.35. The van der Waals surface area contributed by atoms with Gasteiger partial charge in [0.2, 0.25) is 15.9 Å². The molecule has 1 aromatic rings. The van der Waals surface area contributed by atoms with Crippen LogP contribution in [0.15, 0.2) is 29.2 Å². The van der Waals surface area contributed by atoms with Crippen LogP contribution < -0.4 is 0 Å². The maximum absolute atomic E-state index is 12.4. The molecule has 1 saturated heterocycles. The number of carbonyl (C=O) groups is 1. The standard InChI is InChI=1S/C13H17ClN2O3S/c1-10(2)16-8-7-15(9-13(16)17)20(18,19)12-5-3-11(14)4-6-12/h3-6,10H,7-9H2,1-2H3. The van der Waals surface area contributed by atoms with Gasteiger partial charge in [0.05, 0.1) is 11.4 Å². The quantitative estimate of drug-likeness (QED) is 0.850. The zero-order chi connectivity index (χ0) is 14.9. The molecule has 0 N–H and O–H groups in total. The maximum Gasteiger partial charge on any atom is 0.243 e. The molecule has 1 aliphatic rings. The lowest BCUT2D eigenvalue weighted by Gasteiger charge is -2.35. The average Bonchev–Trinajstić information content (AvgIpc) is 2.38. The van der Waals surface area contributed by atoms with Crippen molar-refractivity contribution in [3.05, 3.63) is 29.3 Å². The lowest BCUT2D eigenvalue weighted by Crippen LogP contribution is -2.54. The van der Waals surface area contributed by atoms with E-state index in [1.54, 1.807) is 4.90 Å². The molecule has 7 heteroatoms. The number of nitrogens with zero attached hydrogens (tertiary/aromatic N) is 2. The minimum absolute atomic E-state index is 0.0860. The fourth-order valence-corrected chi connectivity index (χ4v) is 3.68. The molecule has 0 radical (unpaired) electrons. The molecular formula is C13H17ClN2O3S. The molecule has 1 aromatic carbocycles. The van der Waals surface area contributed by atoms with Gasteiger partial charge in [0.15, 0.2) is 0 Å². The SMILES string of the molecule is CC(C)N1CCN(S(=O)(=O)c2ccc(Cl)cc2)CC1=O. The zero-order valence-electron chi connectivity index (χ0n) is 11.4. The fraction of sp³-hybridized carbons (Fsp3) is 0.462. The molecule has 0 atom stereocenters. The Bertz CT molecular complexity index is 599. The van der Waals surface area contributed by atoms with Gasteiger partial charge in [-0.15, -0.1) is 0 Å². The van der Waals surface area contributed by atoms with Crippen molar-refractivity contribution < 1.29 is 13.2 Å². The van der Waals surface area contributed by atoms with Crippen LogP contribution in [0.4, 0.5) is 0 Å². The largest absolute Gasteiger partial charge is 0.338 e. The Balaban J connectivity index is 2.20. The van der Waals surface area contributed by atoms with Gasteiger partial charge in [0, 0.05) is 24.2 Å². The maximum atomic E-state index is 12.4. The molecule has 2 rings (SSSR count). The Hall–Kier alpha value is -1.11. The van der Waals surface area contributed by atoms with Crippen LogP contribution in [0.5, 0.6) is 0 Å². The zero-order valence-corrected chi connectivity index (χ0v) is 13.0. The number of rotatable bonds is 3. The number of hydrogen-bond donors (Lipinski definition) is 0. The highest BCUT2D eigenvalue weighted by Gasteiger charge is 2.33. The van der Waals surface area contributed by atoms with E-state index in [1.807, 2.05) is 13.8 Å². The fourth-order valence-electron chi connectivity index (χ4n) is 2.17. The molecule has 1 aliphatic heterocycles. The first-order valence-electron chi connectivity index (χ1n) is 6.37. The van der Waals surface area contributed by atoms with Crippen molar-refractivity contribution in [3.8, 4) is 0 Å². The topological polar surface area (TPSA) is 57.7 Å². The predicted octanol–water partition coefficient (Wildman–Crippen LogP) is 1.58. The summed E-state index contributed by atoms with van der Waals surface area (Å²) < 4.78 is 26.1. The van der Waals surface area contributed by atoms with Crippen LogP contribution in [0.2, 0.25) is 5.02 Å². The Morgan fingerprint density at radius 2 is 1.75 bits per heavy atom. The number of carbonyl (C=O) groups excluding carboxylic acids is 1. The summed E-state index contributed by atoms with van der Waals surface area (Å²) >= 11 is 5.76. The average molecular weight is 317 g/mol. The molecule has 0 saturated carbocycles. The summed E-state index contributed by atoms with van der Waals surface area (Å²) in [5.41, 5.74) is 0. The summed E-state index contributed by atoms with van der Waals surface area (Å²) in [7, 11) is -3.63. The molecule has 0 bridgehead atoms. The van der Waals surface area contributed by atoms with Crippen LogP contribution in [0.1, 0.15) is 13.8 Å². The molecule has 0 aromatic heterocycles. The van der Waals surface area contributed by atoms with Gasteiger partial charge >= 0.3 is 0 Å². The molecule has 5 nitrogen and oxygen atoms in total. The second kappa shape index (κ2) is 5.71. The Morgan fingerprint density at radius 1 is 1.15 bits per heavy atom. The number of sulfonamides is 1. The summed E-state index contributed by atoms with van der Waals surface area (Å²) in [6.45, 7) is 4.46.